The van der Waals surface area contributed by atoms with Gasteiger partial charge in [0, 0.05) is 7.11 Å². The number of ether oxygens (including phenoxy) is 1. The normalized spacial score (nSPS) is 28.9. The molecule has 0 amide bonds. The third-order valence-corrected chi connectivity index (χ3v) is 8.60. The van der Waals surface area contributed by atoms with Gasteiger partial charge in [0.25, 0.3) is 5.56 Å². The van der Waals surface area contributed by atoms with Crippen LogP contribution in [-0.2, 0) is 43.1 Å². The summed E-state index contributed by atoms with van der Waals surface area (Å²) < 4.78 is 58.9. The summed E-state index contributed by atoms with van der Waals surface area (Å²) in [5, 5.41) is 20.6. The third kappa shape index (κ3) is 5.83. The highest BCUT2D eigenvalue weighted by Crippen LogP contribution is 2.67. The van der Waals surface area contributed by atoms with Crippen molar-refractivity contribution in [2.45, 2.75) is 24.5 Å². The van der Waals surface area contributed by atoms with Gasteiger partial charge in [-0.05, 0) is 0 Å². The van der Waals surface area contributed by atoms with E-state index in [9.17, 15) is 38.5 Å². The van der Waals surface area contributed by atoms with Gasteiger partial charge < -0.3 is 29.6 Å². The fourth-order valence-electron chi connectivity index (χ4n) is 2.97. The third-order valence-electron chi connectivity index (χ3n) is 4.36. The molecule has 2 aromatic heterocycles. The zero-order chi connectivity index (χ0) is 24.8. The lowest BCUT2D eigenvalue weighted by atomic mass is 10.1. The predicted molar refractivity (Wildman–Crippen MR) is 102 cm³/mol. The van der Waals surface area contributed by atoms with Gasteiger partial charge in [-0.3, -0.25) is 23.4 Å². The van der Waals surface area contributed by atoms with Crippen molar-refractivity contribution in [1.29, 1.82) is 0 Å². The average molecular weight is 537 g/mol. The number of aromatic amines is 1. The second kappa shape index (κ2) is 9.36. The van der Waals surface area contributed by atoms with Gasteiger partial charge in [0.2, 0.25) is 11.7 Å². The molecule has 0 bridgehead atoms. The number of H-pyrrole nitrogens is 1. The van der Waals surface area contributed by atoms with E-state index >= 15 is 0 Å². The molecular weight excluding hydrogens is 517 g/mol. The Balaban J connectivity index is 1.72. The maximum absolute atomic E-state index is 12.0. The van der Waals surface area contributed by atoms with Crippen molar-refractivity contribution >= 4 is 34.6 Å². The van der Waals surface area contributed by atoms with Crippen LogP contribution in [0.3, 0.4) is 0 Å². The maximum atomic E-state index is 12.0. The van der Waals surface area contributed by atoms with Gasteiger partial charge in [-0.15, -0.1) is 0 Å². The Morgan fingerprint density at radius 1 is 1.15 bits per heavy atom. The van der Waals surface area contributed by atoms with E-state index in [2.05, 4.69) is 27.6 Å². The number of aliphatic hydroxyl groups is 2. The van der Waals surface area contributed by atoms with Crippen molar-refractivity contribution in [3.8, 4) is 0 Å². The van der Waals surface area contributed by atoms with Gasteiger partial charge in [-0.25, -0.2) is 18.3 Å². The van der Waals surface area contributed by atoms with Gasteiger partial charge in [0.15, 0.2) is 12.7 Å². The molecule has 7 unspecified atom stereocenters. The topological polar surface area (TPSA) is 253 Å². The number of phosphoric ester groups is 2. The molecule has 21 heteroatoms. The fraction of sp³-hybridized carbons (Fsp3) is 0.583. The quantitative estimate of drug-likeness (QED) is 0.152. The number of aliphatic hydroxyl groups excluding tert-OH is 2. The Kier molecular flexibility index (Phi) is 7.44. The maximum Gasteiger partial charge on any atom is 0.490 e. The number of phosphoric acid groups is 3. The van der Waals surface area contributed by atoms with E-state index in [1.165, 1.54) is 22.5 Å². The summed E-state index contributed by atoms with van der Waals surface area (Å²) in [7, 11) is -13.9. The van der Waals surface area contributed by atoms with Crippen LogP contribution >= 0.6 is 23.5 Å². The first-order valence-electron chi connectivity index (χ1n) is 8.73. The summed E-state index contributed by atoms with van der Waals surface area (Å²) in [6.07, 6.45) is -3.57. The molecule has 186 valence electrons. The SMILES string of the molecule is COP(=O)(O)OP(=O)(O)OP(=O)(O)OCC1OC([n+]2cn(C)c3c(=O)[nH]cnc32)C(O)C1O. The Labute approximate surface area is 183 Å². The lowest BCUT2D eigenvalue weighted by Gasteiger charge is -2.19. The van der Waals surface area contributed by atoms with Crippen LogP contribution in [-0.4, -0.2) is 71.5 Å². The van der Waals surface area contributed by atoms with E-state index in [0.29, 0.717) is 7.11 Å². The molecule has 1 aliphatic heterocycles. The molecule has 0 saturated carbocycles. The van der Waals surface area contributed by atoms with Crippen molar-refractivity contribution in [2.24, 2.45) is 7.05 Å². The van der Waals surface area contributed by atoms with Crippen LogP contribution in [0, 0.1) is 0 Å². The van der Waals surface area contributed by atoms with Crippen LogP contribution in [0.2, 0.25) is 0 Å². The van der Waals surface area contributed by atoms with Crippen molar-refractivity contribution in [3.63, 3.8) is 0 Å². The lowest BCUT2D eigenvalue weighted by Crippen LogP contribution is -2.46. The molecule has 0 aromatic carbocycles. The van der Waals surface area contributed by atoms with Crippen LogP contribution in [0.5, 0.6) is 0 Å². The van der Waals surface area contributed by atoms with Crippen LogP contribution < -0.4 is 10.1 Å². The number of rotatable bonds is 9. The molecule has 3 heterocycles. The fourth-order valence-corrected chi connectivity index (χ4v) is 6.24. The Morgan fingerprint density at radius 2 is 1.79 bits per heavy atom. The molecular formula is C12H20N4O14P3+. The Morgan fingerprint density at radius 3 is 2.42 bits per heavy atom. The van der Waals surface area contributed by atoms with Crippen LogP contribution in [0.25, 0.3) is 11.2 Å². The van der Waals surface area contributed by atoms with Crippen LogP contribution in [0.4, 0.5) is 0 Å². The standard InChI is InChI=1S/C12H19N4O14P3/c1-15-5-16(10-7(15)11(19)14-4-13-10)12-9(18)8(17)6(28-12)3-27-32(22,23)30-33(24,25)29-31(20,21)26-2/h4-6,8-9,12,17-18H,3H2,1-2H3,(H3-,13,14,19,20,21,22,23,24,25)/p+1. The summed E-state index contributed by atoms with van der Waals surface area (Å²) in [5.74, 6) is 0. The zero-order valence-corrected chi connectivity index (χ0v) is 19.4. The average Bonchev–Trinajstić information content (AvgIpc) is 3.16. The summed E-state index contributed by atoms with van der Waals surface area (Å²) >= 11 is 0. The number of hydrogen-bond acceptors (Lipinski definition) is 12. The number of hydrogen-bond donors (Lipinski definition) is 6. The minimum atomic E-state index is -5.61. The van der Waals surface area contributed by atoms with Gasteiger partial charge in [-0.2, -0.15) is 8.62 Å². The molecule has 1 fully saturated rings. The van der Waals surface area contributed by atoms with E-state index in [-0.39, 0.29) is 11.2 Å². The van der Waals surface area contributed by atoms with Crippen LogP contribution in [0.15, 0.2) is 17.4 Å². The predicted octanol–water partition coefficient (Wildman–Crippen LogP) is -1.83. The number of imidazole rings is 1. The molecule has 1 saturated heterocycles. The number of nitrogens with one attached hydrogen (secondary N) is 1. The van der Waals surface area contributed by atoms with Gasteiger partial charge >= 0.3 is 29.1 Å². The number of aromatic nitrogens is 4. The van der Waals surface area contributed by atoms with Crippen molar-refractivity contribution < 1.29 is 65.6 Å². The van der Waals surface area contributed by atoms with Gasteiger partial charge in [0.05, 0.1) is 13.7 Å². The zero-order valence-electron chi connectivity index (χ0n) is 16.8. The van der Waals surface area contributed by atoms with Crippen molar-refractivity contribution in [3.05, 3.63) is 23.0 Å². The molecule has 0 aliphatic carbocycles. The highest BCUT2D eigenvalue weighted by atomic mass is 31.3. The van der Waals surface area contributed by atoms with Crippen LogP contribution in [0.1, 0.15) is 6.23 Å². The first-order chi connectivity index (χ1) is 15.2. The summed E-state index contributed by atoms with van der Waals surface area (Å²) in [4.78, 5) is 46.4. The van der Waals surface area contributed by atoms with Gasteiger partial charge in [0.1, 0.15) is 18.3 Å². The Bertz CT molecular complexity index is 1230. The van der Waals surface area contributed by atoms with Crippen molar-refractivity contribution in [2.75, 3.05) is 13.7 Å². The molecule has 18 nitrogen and oxygen atoms in total. The largest absolute Gasteiger partial charge is 0.490 e. The monoisotopic (exact) mass is 537 g/mol. The molecule has 0 spiro atoms. The molecule has 2 aromatic rings. The lowest BCUT2D eigenvalue weighted by molar-refractivity contribution is -0.745. The highest BCUT2D eigenvalue weighted by molar-refractivity contribution is 7.66. The second-order valence-corrected chi connectivity index (χ2v) is 11.4. The minimum Gasteiger partial charge on any atom is -0.387 e. The summed E-state index contributed by atoms with van der Waals surface area (Å²) in [6, 6.07) is 0. The van der Waals surface area contributed by atoms with E-state index in [1.807, 2.05) is 0 Å². The summed E-state index contributed by atoms with van der Waals surface area (Å²) in [5.41, 5.74) is -0.254. The molecule has 7 atom stereocenters. The van der Waals surface area contributed by atoms with Gasteiger partial charge in [-0.1, -0.05) is 4.98 Å². The first kappa shape index (κ1) is 26.2. The molecule has 6 N–H and O–H groups in total. The molecule has 1 aliphatic rings. The van der Waals surface area contributed by atoms with E-state index in [0.717, 1.165) is 6.33 Å². The molecule has 3 rings (SSSR count). The van der Waals surface area contributed by atoms with Crippen molar-refractivity contribution in [1.82, 2.24) is 14.5 Å². The molecule has 0 radical (unpaired) electrons. The summed E-state index contributed by atoms with van der Waals surface area (Å²) in [6.45, 7) is -0.942. The first-order valence-corrected chi connectivity index (χ1v) is 13.2. The van der Waals surface area contributed by atoms with E-state index < -0.39 is 60.2 Å². The number of aryl methyl sites for hydroxylation is 1. The highest BCUT2D eigenvalue weighted by Gasteiger charge is 2.48. The minimum absolute atomic E-state index is 0.0974. The Hall–Kier alpha value is -1.36. The van der Waals surface area contributed by atoms with E-state index in [1.54, 1.807) is 0 Å². The smallest absolute Gasteiger partial charge is 0.387 e. The number of nitrogens with zero attached hydrogens (tertiary/aromatic N) is 3. The number of fused-ring (bicyclic) bond motifs is 1. The second-order valence-electron chi connectivity index (χ2n) is 6.63. The molecule has 33 heavy (non-hydrogen) atoms. The van der Waals surface area contributed by atoms with E-state index in [4.69, 9.17) is 9.63 Å².